The Morgan fingerprint density at radius 3 is 2.04 bits per heavy atom. The van der Waals surface area contributed by atoms with Crippen molar-refractivity contribution in [3.63, 3.8) is 0 Å². The van der Waals surface area contributed by atoms with Gasteiger partial charge in [-0.1, -0.05) is 79.0 Å². The van der Waals surface area contributed by atoms with Gasteiger partial charge in [-0.2, -0.15) is 0 Å². The van der Waals surface area contributed by atoms with Crippen LogP contribution in [0.25, 0.3) is 11.1 Å². The van der Waals surface area contributed by atoms with E-state index in [1.807, 2.05) is 42.5 Å². The van der Waals surface area contributed by atoms with Gasteiger partial charge in [-0.05, 0) is 18.1 Å². The summed E-state index contributed by atoms with van der Waals surface area (Å²) in [6.45, 7) is 3.48. The predicted octanol–water partition coefficient (Wildman–Crippen LogP) is 5.53. The maximum atomic E-state index is 9.00. The molecule has 0 unspecified atom stereocenters. The molecule has 0 amide bonds. The van der Waals surface area contributed by atoms with E-state index in [0.29, 0.717) is 16.7 Å². The van der Waals surface area contributed by atoms with E-state index >= 15 is 0 Å². The normalized spacial score (nSPS) is 9.09. The fraction of sp³-hybridized carbons (Fsp3) is 0.278. The molecule has 0 atom stereocenters. The SMILES string of the molecule is CC(=O)O.CCCCO.Clc1cccc(-c2ccccc2)c1Cl. The first-order valence-electron chi connectivity index (χ1n) is 7.23. The molecule has 23 heavy (non-hydrogen) atoms. The Bertz CT molecular complexity index is 566. The van der Waals surface area contributed by atoms with Gasteiger partial charge >= 0.3 is 0 Å². The van der Waals surface area contributed by atoms with Gasteiger partial charge in [0.25, 0.3) is 5.97 Å². The summed E-state index contributed by atoms with van der Waals surface area (Å²) in [6, 6.07) is 15.6. The Balaban J connectivity index is 0.000000450. The van der Waals surface area contributed by atoms with Crippen molar-refractivity contribution in [1.29, 1.82) is 0 Å². The highest BCUT2D eigenvalue weighted by Gasteiger charge is 2.05. The fourth-order valence-corrected chi connectivity index (χ4v) is 1.91. The second-order valence-electron chi connectivity index (χ2n) is 4.56. The summed E-state index contributed by atoms with van der Waals surface area (Å²) in [7, 11) is 0. The van der Waals surface area contributed by atoms with Gasteiger partial charge in [-0.15, -0.1) is 0 Å². The van der Waals surface area contributed by atoms with E-state index in [2.05, 4.69) is 6.92 Å². The molecule has 2 aromatic rings. The largest absolute Gasteiger partial charge is 0.481 e. The van der Waals surface area contributed by atoms with Crippen LogP contribution in [0.2, 0.25) is 10.0 Å². The van der Waals surface area contributed by atoms with Gasteiger partial charge < -0.3 is 10.2 Å². The third-order valence-corrected chi connectivity index (χ3v) is 3.37. The van der Waals surface area contributed by atoms with Crippen molar-refractivity contribution < 1.29 is 15.0 Å². The highest BCUT2D eigenvalue weighted by Crippen LogP contribution is 2.32. The van der Waals surface area contributed by atoms with E-state index in [0.717, 1.165) is 30.9 Å². The number of hydrogen-bond donors (Lipinski definition) is 2. The van der Waals surface area contributed by atoms with Crippen LogP contribution in [-0.4, -0.2) is 22.8 Å². The van der Waals surface area contributed by atoms with Crippen LogP contribution < -0.4 is 0 Å². The molecule has 0 aromatic heterocycles. The number of rotatable bonds is 3. The molecule has 0 fully saturated rings. The van der Waals surface area contributed by atoms with Gasteiger partial charge in [0, 0.05) is 19.1 Å². The third kappa shape index (κ3) is 9.95. The van der Waals surface area contributed by atoms with Crippen molar-refractivity contribution in [1.82, 2.24) is 0 Å². The van der Waals surface area contributed by atoms with Crippen molar-refractivity contribution in [2.24, 2.45) is 0 Å². The van der Waals surface area contributed by atoms with Gasteiger partial charge in [0.05, 0.1) is 10.0 Å². The highest BCUT2D eigenvalue weighted by atomic mass is 35.5. The first-order chi connectivity index (χ1) is 10.9. The smallest absolute Gasteiger partial charge is 0.300 e. The zero-order valence-corrected chi connectivity index (χ0v) is 14.8. The lowest BCUT2D eigenvalue weighted by molar-refractivity contribution is -0.134. The van der Waals surface area contributed by atoms with E-state index < -0.39 is 5.97 Å². The number of carbonyl (C=O) groups is 1. The molecule has 0 spiro atoms. The lowest BCUT2D eigenvalue weighted by Gasteiger charge is -2.04. The molecule has 0 aliphatic heterocycles. The minimum absolute atomic E-state index is 0.344. The summed E-state index contributed by atoms with van der Waals surface area (Å²) in [6.07, 6.45) is 2.04. The van der Waals surface area contributed by atoms with Crippen LogP contribution >= 0.6 is 23.2 Å². The molecule has 2 rings (SSSR count). The molecule has 3 nitrogen and oxygen atoms in total. The molecule has 0 saturated heterocycles. The molecule has 0 aliphatic carbocycles. The average molecular weight is 357 g/mol. The van der Waals surface area contributed by atoms with Gasteiger partial charge in [0.15, 0.2) is 0 Å². The molecule has 2 aromatic carbocycles. The van der Waals surface area contributed by atoms with Gasteiger partial charge in [-0.3, -0.25) is 4.79 Å². The predicted molar refractivity (Wildman–Crippen MR) is 97.2 cm³/mol. The second kappa shape index (κ2) is 12.9. The summed E-state index contributed by atoms with van der Waals surface area (Å²) in [5.74, 6) is -0.833. The van der Waals surface area contributed by atoms with E-state index in [1.54, 1.807) is 6.07 Å². The first-order valence-corrected chi connectivity index (χ1v) is 7.99. The number of carboxylic acids is 1. The summed E-state index contributed by atoms with van der Waals surface area (Å²) in [5, 5.41) is 16.7. The van der Waals surface area contributed by atoms with E-state index in [9.17, 15) is 0 Å². The molecule has 0 radical (unpaired) electrons. The minimum atomic E-state index is -0.833. The number of aliphatic hydroxyl groups is 1. The van der Waals surface area contributed by atoms with Crippen LogP contribution in [0.15, 0.2) is 48.5 Å². The summed E-state index contributed by atoms with van der Waals surface area (Å²) >= 11 is 12.0. The number of halogens is 2. The average Bonchev–Trinajstić information content (AvgIpc) is 2.52. The summed E-state index contributed by atoms with van der Waals surface area (Å²) in [5.41, 5.74) is 2.06. The number of carboxylic acid groups (broad SMARTS) is 1. The van der Waals surface area contributed by atoms with E-state index in [1.165, 1.54) is 0 Å². The minimum Gasteiger partial charge on any atom is -0.481 e. The number of aliphatic carboxylic acids is 1. The monoisotopic (exact) mass is 356 g/mol. The number of aliphatic hydroxyl groups excluding tert-OH is 1. The van der Waals surface area contributed by atoms with Crippen LogP contribution in [0.3, 0.4) is 0 Å². The van der Waals surface area contributed by atoms with Crippen molar-refractivity contribution in [3.05, 3.63) is 58.6 Å². The Kier molecular flexibility index (Phi) is 12.1. The number of benzene rings is 2. The van der Waals surface area contributed by atoms with Crippen molar-refractivity contribution >= 4 is 29.2 Å². The zero-order chi connectivity index (χ0) is 17.7. The fourth-order valence-electron chi connectivity index (χ4n) is 1.50. The molecule has 0 saturated carbocycles. The molecule has 0 heterocycles. The van der Waals surface area contributed by atoms with Gasteiger partial charge in [0.2, 0.25) is 0 Å². The van der Waals surface area contributed by atoms with Crippen LogP contribution in [0, 0.1) is 0 Å². The van der Waals surface area contributed by atoms with E-state index in [-0.39, 0.29) is 0 Å². The third-order valence-electron chi connectivity index (χ3n) is 2.55. The molecule has 5 heteroatoms. The van der Waals surface area contributed by atoms with Crippen LogP contribution in [0.1, 0.15) is 26.7 Å². The second-order valence-corrected chi connectivity index (χ2v) is 5.35. The van der Waals surface area contributed by atoms with Crippen LogP contribution in [0.5, 0.6) is 0 Å². The molecule has 126 valence electrons. The Morgan fingerprint density at radius 2 is 1.61 bits per heavy atom. The molecule has 0 bridgehead atoms. The standard InChI is InChI=1S/C12H8Cl2.C4H10O.C2H4O2/c13-11-8-4-7-10(12(11)14)9-5-2-1-3-6-9;1-2-3-4-5;1-2(3)4/h1-8H;5H,2-4H2,1H3;1H3,(H,3,4). The molecule has 2 N–H and O–H groups in total. The molecular weight excluding hydrogens is 335 g/mol. The zero-order valence-electron chi connectivity index (χ0n) is 13.3. The summed E-state index contributed by atoms with van der Waals surface area (Å²) < 4.78 is 0. The highest BCUT2D eigenvalue weighted by molar-refractivity contribution is 6.43. The van der Waals surface area contributed by atoms with Crippen molar-refractivity contribution in [2.45, 2.75) is 26.7 Å². The van der Waals surface area contributed by atoms with Gasteiger partial charge in [-0.25, -0.2) is 0 Å². The first kappa shape index (κ1) is 21.4. The molecule has 0 aliphatic rings. The Hall–Kier alpha value is -1.55. The quantitative estimate of drug-likeness (QED) is 0.759. The van der Waals surface area contributed by atoms with Crippen LogP contribution in [0.4, 0.5) is 0 Å². The lowest BCUT2D eigenvalue weighted by Crippen LogP contribution is -1.79. The Labute approximate surface area is 147 Å². The van der Waals surface area contributed by atoms with Gasteiger partial charge in [0.1, 0.15) is 0 Å². The maximum absolute atomic E-state index is 9.00. The van der Waals surface area contributed by atoms with Crippen LogP contribution in [-0.2, 0) is 4.79 Å². The van der Waals surface area contributed by atoms with Crippen molar-refractivity contribution in [3.8, 4) is 11.1 Å². The van der Waals surface area contributed by atoms with E-state index in [4.69, 9.17) is 38.2 Å². The topological polar surface area (TPSA) is 57.5 Å². The number of hydrogen-bond acceptors (Lipinski definition) is 2. The lowest BCUT2D eigenvalue weighted by atomic mass is 10.1. The summed E-state index contributed by atoms with van der Waals surface area (Å²) in [4.78, 5) is 9.00. The maximum Gasteiger partial charge on any atom is 0.300 e. The van der Waals surface area contributed by atoms with Crippen molar-refractivity contribution in [2.75, 3.05) is 6.61 Å². The Morgan fingerprint density at radius 1 is 1.04 bits per heavy atom. The molecular formula is C18H22Cl2O3. The number of unbranched alkanes of at least 4 members (excludes halogenated alkanes) is 1.